The standard InChI is InChI=1S/C17H23NO4/c1-12(19)14-10-13(17(14,2)3)11-16(21)22-9-8-18-7-5-4-6-15(18)20/h4-7,13-14H,8-11H2,1-3H3/t13-,14+/m1/s1. The lowest BCUT2D eigenvalue weighted by atomic mass is 9.53. The molecule has 120 valence electrons. The van der Waals surface area contributed by atoms with E-state index in [1.54, 1.807) is 25.3 Å². The summed E-state index contributed by atoms with van der Waals surface area (Å²) in [4.78, 5) is 34.9. The first-order chi connectivity index (χ1) is 10.3. The van der Waals surface area contributed by atoms with E-state index in [1.807, 2.05) is 13.8 Å². The van der Waals surface area contributed by atoms with Gasteiger partial charge in [0, 0.05) is 24.6 Å². The van der Waals surface area contributed by atoms with Crippen molar-refractivity contribution in [3.63, 3.8) is 0 Å². The van der Waals surface area contributed by atoms with E-state index in [4.69, 9.17) is 4.74 Å². The van der Waals surface area contributed by atoms with E-state index in [-0.39, 0.29) is 41.2 Å². The highest BCUT2D eigenvalue weighted by Crippen LogP contribution is 2.53. The van der Waals surface area contributed by atoms with E-state index in [1.165, 1.54) is 10.6 Å². The molecule has 0 spiro atoms. The third-order valence-electron chi connectivity index (χ3n) is 4.87. The summed E-state index contributed by atoms with van der Waals surface area (Å²) in [6.07, 6.45) is 2.76. The quantitative estimate of drug-likeness (QED) is 0.754. The fourth-order valence-corrected chi connectivity index (χ4v) is 3.22. The molecule has 0 radical (unpaired) electrons. The van der Waals surface area contributed by atoms with Crippen LogP contribution in [0.2, 0.25) is 0 Å². The number of pyridine rings is 1. The molecule has 0 amide bonds. The molecule has 0 aliphatic heterocycles. The van der Waals surface area contributed by atoms with Crippen molar-refractivity contribution in [1.29, 1.82) is 0 Å². The van der Waals surface area contributed by atoms with Crippen LogP contribution in [-0.4, -0.2) is 22.9 Å². The Balaban J connectivity index is 1.77. The predicted octanol–water partition coefficient (Wildman–Crippen LogP) is 2.03. The van der Waals surface area contributed by atoms with Crippen LogP contribution in [0.3, 0.4) is 0 Å². The van der Waals surface area contributed by atoms with E-state index in [2.05, 4.69) is 0 Å². The molecule has 1 aliphatic carbocycles. The number of carbonyl (C=O) groups excluding carboxylic acids is 2. The number of hydrogen-bond acceptors (Lipinski definition) is 4. The van der Waals surface area contributed by atoms with Gasteiger partial charge in [0.15, 0.2) is 0 Å². The van der Waals surface area contributed by atoms with E-state index < -0.39 is 0 Å². The smallest absolute Gasteiger partial charge is 0.306 e. The van der Waals surface area contributed by atoms with Crippen molar-refractivity contribution in [1.82, 2.24) is 4.57 Å². The van der Waals surface area contributed by atoms with Crippen molar-refractivity contribution in [3.8, 4) is 0 Å². The molecular weight excluding hydrogens is 282 g/mol. The lowest BCUT2D eigenvalue weighted by molar-refractivity contribution is -0.154. The van der Waals surface area contributed by atoms with Gasteiger partial charge in [0.1, 0.15) is 12.4 Å². The van der Waals surface area contributed by atoms with Crippen LogP contribution in [0.5, 0.6) is 0 Å². The van der Waals surface area contributed by atoms with Crippen molar-refractivity contribution in [3.05, 3.63) is 34.7 Å². The summed E-state index contributed by atoms with van der Waals surface area (Å²) in [5, 5.41) is 0. The normalized spacial score (nSPS) is 22.7. The predicted molar refractivity (Wildman–Crippen MR) is 82.3 cm³/mol. The molecule has 1 saturated carbocycles. The maximum absolute atomic E-state index is 11.9. The molecule has 1 aromatic heterocycles. The van der Waals surface area contributed by atoms with E-state index in [0.29, 0.717) is 13.0 Å². The fraction of sp³-hybridized carbons (Fsp3) is 0.588. The highest BCUT2D eigenvalue weighted by atomic mass is 16.5. The number of nitrogens with zero attached hydrogens (tertiary/aromatic N) is 1. The Bertz CT molecular complexity index is 617. The van der Waals surface area contributed by atoms with Crippen LogP contribution < -0.4 is 5.56 Å². The maximum Gasteiger partial charge on any atom is 0.306 e. The Labute approximate surface area is 130 Å². The minimum atomic E-state index is -0.260. The second kappa shape index (κ2) is 6.46. The van der Waals surface area contributed by atoms with Crippen molar-refractivity contribution in [2.24, 2.45) is 17.3 Å². The molecular formula is C17H23NO4. The number of ketones is 1. The number of aromatic nitrogens is 1. The van der Waals surface area contributed by atoms with Gasteiger partial charge in [-0.2, -0.15) is 0 Å². The van der Waals surface area contributed by atoms with Gasteiger partial charge in [-0.15, -0.1) is 0 Å². The second-order valence-electron chi connectivity index (χ2n) is 6.57. The average molecular weight is 305 g/mol. The second-order valence-corrected chi connectivity index (χ2v) is 6.57. The minimum absolute atomic E-state index is 0.0493. The molecule has 2 rings (SSSR count). The van der Waals surface area contributed by atoms with Gasteiger partial charge in [-0.05, 0) is 30.7 Å². The Kier molecular flexibility index (Phi) is 4.84. The third kappa shape index (κ3) is 3.46. The lowest BCUT2D eigenvalue weighted by Gasteiger charge is -2.50. The van der Waals surface area contributed by atoms with E-state index >= 15 is 0 Å². The van der Waals surface area contributed by atoms with Crippen LogP contribution in [0.15, 0.2) is 29.2 Å². The van der Waals surface area contributed by atoms with Gasteiger partial charge in [0.05, 0.1) is 6.54 Å². The number of rotatable bonds is 6. The molecule has 5 nitrogen and oxygen atoms in total. The zero-order valence-electron chi connectivity index (χ0n) is 13.4. The SMILES string of the molecule is CC(=O)[C@@H]1C[C@H](CC(=O)OCCn2ccccc2=O)C1(C)C. The van der Waals surface area contributed by atoms with Crippen molar-refractivity contribution in [2.75, 3.05) is 6.61 Å². The van der Waals surface area contributed by atoms with Crippen LogP contribution in [0, 0.1) is 17.3 Å². The van der Waals surface area contributed by atoms with Crippen LogP contribution in [-0.2, 0) is 20.9 Å². The number of carbonyl (C=O) groups is 2. The summed E-state index contributed by atoms with van der Waals surface area (Å²) in [6, 6.07) is 4.91. The van der Waals surface area contributed by atoms with Crippen LogP contribution >= 0.6 is 0 Å². The molecule has 1 fully saturated rings. The summed E-state index contributed by atoms with van der Waals surface area (Å²) >= 11 is 0. The Morgan fingerprint density at radius 1 is 1.36 bits per heavy atom. The van der Waals surface area contributed by atoms with E-state index in [0.717, 1.165) is 6.42 Å². The monoisotopic (exact) mass is 305 g/mol. The van der Waals surface area contributed by atoms with Crippen LogP contribution in [0.25, 0.3) is 0 Å². The van der Waals surface area contributed by atoms with Gasteiger partial charge < -0.3 is 9.30 Å². The number of ether oxygens (including phenoxy) is 1. The van der Waals surface area contributed by atoms with Gasteiger partial charge in [-0.1, -0.05) is 19.9 Å². The number of hydrogen-bond donors (Lipinski definition) is 0. The molecule has 22 heavy (non-hydrogen) atoms. The molecule has 0 N–H and O–H groups in total. The molecule has 1 aromatic rings. The summed E-state index contributed by atoms with van der Waals surface area (Å²) in [7, 11) is 0. The fourth-order valence-electron chi connectivity index (χ4n) is 3.22. The summed E-state index contributed by atoms with van der Waals surface area (Å²) in [6.45, 7) is 6.22. The zero-order valence-corrected chi connectivity index (χ0v) is 13.4. The molecule has 0 unspecified atom stereocenters. The van der Waals surface area contributed by atoms with Crippen molar-refractivity contribution >= 4 is 11.8 Å². The largest absolute Gasteiger partial charge is 0.464 e. The van der Waals surface area contributed by atoms with Gasteiger partial charge in [0.25, 0.3) is 5.56 Å². The van der Waals surface area contributed by atoms with Crippen molar-refractivity contribution in [2.45, 2.75) is 40.2 Å². The Hall–Kier alpha value is -1.91. The molecule has 5 heteroatoms. The first kappa shape index (κ1) is 16.5. The maximum atomic E-state index is 11.9. The highest BCUT2D eigenvalue weighted by molar-refractivity contribution is 5.81. The first-order valence-electron chi connectivity index (χ1n) is 7.64. The number of esters is 1. The van der Waals surface area contributed by atoms with Gasteiger partial charge in [0.2, 0.25) is 0 Å². The zero-order chi connectivity index (χ0) is 16.3. The van der Waals surface area contributed by atoms with Crippen LogP contribution in [0.1, 0.15) is 33.6 Å². The van der Waals surface area contributed by atoms with Crippen molar-refractivity contribution < 1.29 is 14.3 Å². The molecule has 1 aliphatic rings. The van der Waals surface area contributed by atoms with Crippen LogP contribution in [0.4, 0.5) is 0 Å². The summed E-state index contributed by atoms with van der Waals surface area (Å²) in [5.41, 5.74) is -0.246. The highest BCUT2D eigenvalue weighted by Gasteiger charge is 2.50. The van der Waals surface area contributed by atoms with E-state index in [9.17, 15) is 14.4 Å². The van der Waals surface area contributed by atoms with Gasteiger partial charge in [-0.3, -0.25) is 14.4 Å². The molecule has 0 bridgehead atoms. The topological polar surface area (TPSA) is 65.4 Å². The number of Topliss-reactive ketones (excluding diaryl/α,β-unsaturated/α-hetero) is 1. The third-order valence-corrected chi connectivity index (χ3v) is 4.87. The molecule has 0 saturated heterocycles. The lowest BCUT2D eigenvalue weighted by Crippen LogP contribution is -2.49. The first-order valence-corrected chi connectivity index (χ1v) is 7.64. The Morgan fingerprint density at radius 3 is 2.68 bits per heavy atom. The molecule has 2 atom stereocenters. The van der Waals surface area contributed by atoms with Gasteiger partial charge >= 0.3 is 5.97 Å². The van der Waals surface area contributed by atoms with Gasteiger partial charge in [-0.25, -0.2) is 0 Å². The molecule has 1 heterocycles. The Morgan fingerprint density at radius 2 is 2.09 bits per heavy atom. The molecule has 0 aromatic carbocycles. The summed E-state index contributed by atoms with van der Waals surface area (Å²) < 4.78 is 6.72. The average Bonchev–Trinajstić information content (AvgIpc) is 2.44. The minimum Gasteiger partial charge on any atom is -0.464 e. The summed E-state index contributed by atoms with van der Waals surface area (Å²) in [5.74, 6) is 0.170.